The third kappa shape index (κ3) is 2.01. The minimum Gasteiger partial charge on any atom is -0.376 e. The van der Waals surface area contributed by atoms with Crippen LogP contribution in [0.5, 0.6) is 0 Å². The van der Waals surface area contributed by atoms with E-state index in [1.807, 2.05) is 0 Å². The second-order valence-corrected chi connectivity index (χ2v) is 6.82. The van der Waals surface area contributed by atoms with Crippen molar-refractivity contribution in [3.05, 3.63) is 34.1 Å². The molecule has 112 valence electrons. The first-order valence-corrected chi connectivity index (χ1v) is 7.84. The molecular formula is C16H19FN2O2. The molecule has 4 rings (SSSR count). The van der Waals surface area contributed by atoms with Gasteiger partial charge in [0.05, 0.1) is 11.0 Å². The summed E-state index contributed by atoms with van der Waals surface area (Å²) in [5.41, 5.74) is 0.314. The van der Waals surface area contributed by atoms with Gasteiger partial charge in [0.2, 0.25) is 0 Å². The second-order valence-electron chi connectivity index (χ2n) is 6.82. The average molecular weight is 290 g/mol. The minimum absolute atomic E-state index is 0.152. The van der Waals surface area contributed by atoms with Gasteiger partial charge in [-0.3, -0.25) is 10.1 Å². The average Bonchev–Trinajstić information content (AvgIpc) is 3.12. The number of fused-ring (bicyclic) bond motifs is 5. The van der Waals surface area contributed by atoms with Gasteiger partial charge in [-0.05, 0) is 61.5 Å². The normalized spacial score (nSPS) is 36.7. The molecule has 3 aliphatic rings. The number of rotatable bonds is 3. The third-order valence-electron chi connectivity index (χ3n) is 5.93. The van der Waals surface area contributed by atoms with Gasteiger partial charge >= 0.3 is 0 Å². The van der Waals surface area contributed by atoms with E-state index in [4.69, 9.17) is 0 Å². The topological polar surface area (TPSA) is 55.2 Å². The molecule has 0 radical (unpaired) electrons. The summed E-state index contributed by atoms with van der Waals surface area (Å²) in [6, 6.07) is 4.12. The van der Waals surface area contributed by atoms with Gasteiger partial charge in [-0.2, -0.15) is 0 Å². The molecule has 3 fully saturated rings. The van der Waals surface area contributed by atoms with E-state index in [0.29, 0.717) is 17.6 Å². The molecule has 2 bridgehead atoms. The molecule has 0 aliphatic heterocycles. The van der Waals surface area contributed by atoms with Gasteiger partial charge in [0.25, 0.3) is 5.69 Å². The second kappa shape index (κ2) is 4.68. The highest BCUT2D eigenvalue weighted by atomic mass is 19.1. The summed E-state index contributed by atoms with van der Waals surface area (Å²) in [7, 11) is 0. The van der Waals surface area contributed by atoms with Crippen LogP contribution in [0.2, 0.25) is 0 Å². The Kier molecular flexibility index (Phi) is 2.91. The summed E-state index contributed by atoms with van der Waals surface area (Å²) >= 11 is 0. The van der Waals surface area contributed by atoms with Crippen molar-refractivity contribution in [2.75, 3.05) is 5.32 Å². The molecule has 3 aliphatic carbocycles. The number of nitrogens with one attached hydrogen (secondary N) is 1. The first kappa shape index (κ1) is 13.0. The molecule has 5 atom stereocenters. The van der Waals surface area contributed by atoms with Crippen molar-refractivity contribution >= 4 is 11.4 Å². The van der Waals surface area contributed by atoms with E-state index in [1.165, 1.54) is 37.8 Å². The number of nitro groups is 1. The lowest BCUT2D eigenvalue weighted by Gasteiger charge is -2.32. The molecule has 0 saturated heterocycles. The van der Waals surface area contributed by atoms with Gasteiger partial charge < -0.3 is 5.32 Å². The third-order valence-corrected chi connectivity index (χ3v) is 5.93. The van der Waals surface area contributed by atoms with Gasteiger partial charge in [-0.25, -0.2) is 4.39 Å². The highest BCUT2D eigenvalue weighted by Gasteiger charge is 2.53. The van der Waals surface area contributed by atoms with Crippen LogP contribution < -0.4 is 5.32 Å². The predicted octanol–water partition coefficient (Wildman–Crippen LogP) is 3.97. The Bertz CT molecular complexity index is 592. The van der Waals surface area contributed by atoms with Crippen LogP contribution in [0.3, 0.4) is 0 Å². The van der Waals surface area contributed by atoms with Crippen molar-refractivity contribution < 1.29 is 9.31 Å². The fourth-order valence-electron chi connectivity index (χ4n) is 5.21. The van der Waals surface area contributed by atoms with Crippen LogP contribution in [0.25, 0.3) is 0 Å². The van der Waals surface area contributed by atoms with Crippen LogP contribution in [-0.2, 0) is 0 Å². The van der Waals surface area contributed by atoms with Gasteiger partial charge in [0, 0.05) is 6.04 Å². The largest absolute Gasteiger partial charge is 0.376 e. The van der Waals surface area contributed by atoms with Crippen molar-refractivity contribution in [1.82, 2.24) is 0 Å². The lowest BCUT2D eigenvalue weighted by molar-refractivity contribution is -0.384. The van der Waals surface area contributed by atoms with E-state index in [-0.39, 0.29) is 5.69 Å². The highest BCUT2D eigenvalue weighted by molar-refractivity contribution is 5.62. The molecule has 4 nitrogen and oxygen atoms in total. The van der Waals surface area contributed by atoms with Crippen LogP contribution >= 0.6 is 0 Å². The molecule has 1 aromatic rings. The van der Waals surface area contributed by atoms with E-state index in [2.05, 4.69) is 5.32 Å². The number of anilines is 1. The number of hydrogen-bond donors (Lipinski definition) is 1. The zero-order valence-electron chi connectivity index (χ0n) is 11.8. The maximum atomic E-state index is 13.2. The first-order chi connectivity index (χ1) is 10.1. The summed E-state index contributed by atoms with van der Waals surface area (Å²) in [5.74, 6) is 2.58. The van der Waals surface area contributed by atoms with Gasteiger partial charge in [0.15, 0.2) is 0 Å². The Morgan fingerprint density at radius 1 is 1.19 bits per heavy atom. The summed E-state index contributed by atoms with van der Waals surface area (Å²) < 4.78 is 13.2. The molecule has 0 aromatic heterocycles. The Morgan fingerprint density at radius 3 is 2.81 bits per heavy atom. The van der Waals surface area contributed by atoms with Crippen molar-refractivity contribution in [2.24, 2.45) is 23.7 Å². The Hall–Kier alpha value is -1.65. The number of hydrogen-bond acceptors (Lipinski definition) is 3. The van der Waals surface area contributed by atoms with Crippen molar-refractivity contribution in [2.45, 2.75) is 38.1 Å². The summed E-state index contributed by atoms with van der Waals surface area (Å²) in [6.07, 6.45) is 6.40. The Labute approximate surface area is 122 Å². The van der Waals surface area contributed by atoms with Crippen LogP contribution in [0.1, 0.15) is 32.1 Å². The SMILES string of the molecule is O=[N+]([O-])c1cc(F)ccc1NC1CC2CC1C1CCCC21. The zero-order valence-corrected chi connectivity index (χ0v) is 11.8. The number of nitrogens with zero attached hydrogens (tertiary/aromatic N) is 1. The summed E-state index contributed by atoms with van der Waals surface area (Å²) in [5, 5.41) is 14.4. The molecule has 3 saturated carbocycles. The zero-order chi connectivity index (χ0) is 14.6. The lowest BCUT2D eigenvalue weighted by Crippen LogP contribution is -2.34. The van der Waals surface area contributed by atoms with E-state index in [9.17, 15) is 14.5 Å². The molecule has 0 spiro atoms. The van der Waals surface area contributed by atoms with Gasteiger partial charge in [0.1, 0.15) is 11.5 Å². The van der Waals surface area contributed by atoms with Crippen molar-refractivity contribution in [3.63, 3.8) is 0 Å². The number of halogens is 1. The number of nitro benzene ring substituents is 1. The molecule has 21 heavy (non-hydrogen) atoms. The van der Waals surface area contributed by atoms with E-state index >= 15 is 0 Å². The standard InChI is InChI=1S/C16H19FN2O2/c17-10-4-5-14(16(8-10)19(20)21)18-15-7-9-6-13(15)12-3-1-2-11(9)12/h4-5,8-9,11-13,15,18H,1-3,6-7H2. The summed E-state index contributed by atoms with van der Waals surface area (Å²) in [6.45, 7) is 0. The Balaban J connectivity index is 1.56. The van der Waals surface area contributed by atoms with E-state index in [0.717, 1.165) is 30.2 Å². The molecule has 0 amide bonds. The fourth-order valence-corrected chi connectivity index (χ4v) is 5.21. The lowest BCUT2D eigenvalue weighted by atomic mass is 9.79. The monoisotopic (exact) mass is 290 g/mol. The molecule has 5 unspecified atom stereocenters. The fraction of sp³-hybridized carbons (Fsp3) is 0.625. The smallest absolute Gasteiger partial charge is 0.295 e. The van der Waals surface area contributed by atoms with Crippen LogP contribution in [0, 0.1) is 39.6 Å². The quantitative estimate of drug-likeness (QED) is 0.677. The summed E-state index contributed by atoms with van der Waals surface area (Å²) in [4.78, 5) is 10.6. The van der Waals surface area contributed by atoms with E-state index < -0.39 is 10.7 Å². The number of benzene rings is 1. The molecule has 0 heterocycles. The maximum Gasteiger partial charge on any atom is 0.295 e. The van der Waals surface area contributed by atoms with Gasteiger partial charge in [-0.15, -0.1) is 0 Å². The van der Waals surface area contributed by atoms with Crippen molar-refractivity contribution in [3.8, 4) is 0 Å². The molecule has 5 heteroatoms. The predicted molar refractivity (Wildman–Crippen MR) is 77.5 cm³/mol. The van der Waals surface area contributed by atoms with Crippen molar-refractivity contribution in [1.29, 1.82) is 0 Å². The highest BCUT2D eigenvalue weighted by Crippen LogP contribution is 2.59. The minimum atomic E-state index is -0.559. The van der Waals surface area contributed by atoms with Crippen LogP contribution in [0.15, 0.2) is 18.2 Å². The van der Waals surface area contributed by atoms with E-state index in [1.54, 1.807) is 0 Å². The van der Waals surface area contributed by atoms with Gasteiger partial charge in [-0.1, -0.05) is 6.42 Å². The van der Waals surface area contributed by atoms with Crippen LogP contribution in [0.4, 0.5) is 15.8 Å². The van der Waals surface area contributed by atoms with Crippen LogP contribution in [-0.4, -0.2) is 11.0 Å². The molecule has 1 aromatic carbocycles. The Morgan fingerprint density at radius 2 is 2.00 bits per heavy atom. The maximum absolute atomic E-state index is 13.2. The molecule has 1 N–H and O–H groups in total. The molecular weight excluding hydrogens is 271 g/mol. The first-order valence-electron chi connectivity index (χ1n) is 7.84.